The number of carbonyl (C=O) groups is 1. The zero-order valence-corrected chi connectivity index (χ0v) is 11.1. The summed E-state index contributed by atoms with van der Waals surface area (Å²) in [7, 11) is 0. The van der Waals surface area contributed by atoms with Crippen molar-refractivity contribution in [3.05, 3.63) is 6.42 Å². The first-order valence-electron chi connectivity index (χ1n) is 6.77. The van der Waals surface area contributed by atoms with Crippen LogP contribution in [0.2, 0.25) is 0 Å². The number of epoxide rings is 1. The van der Waals surface area contributed by atoms with Gasteiger partial charge in [0.1, 0.15) is 12.7 Å². The van der Waals surface area contributed by atoms with Gasteiger partial charge in [-0.25, -0.2) is 0 Å². The molecule has 1 aliphatic heterocycles. The molecule has 1 heterocycles. The molecule has 0 aromatic heterocycles. The van der Waals surface area contributed by atoms with Crippen molar-refractivity contribution in [3.8, 4) is 0 Å². The van der Waals surface area contributed by atoms with Crippen LogP contribution < -0.4 is 0 Å². The van der Waals surface area contributed by atoms with Gasteiger partial charge in [0.25, 0.3) is 0 Å². The van der Waals surface area contributed by atoms with Crippen LogP contribution in [-0.2, 0) is 14.3 Å². The van der Waals surface area contributed by atoms with Crippen LogP contribution in [-0.4, -0.2) is 25.3 Å². The molecule has 1 radical (unpaired) electrons. The minimum Gasteiger partial charge on any atom is -0.463 e. The number of rotatable bonds is 10. The maximum atomic E-state index is 11.2. The highest BCUT2D eigenvalue weighted by Gasteiger charge is 2.23. The van der Waals surface area contributed by atoms with Crippen LogP contribution in [0.3, 0.4) is 0 Å². The van der Waals surface area contributed by atoms with Gasteiger partial charge in [-0.15, -0.1) is 0 Å². The molecule has 1 atom stereocenters. The van der Waals surface area contributed by atoms with E-state index in [9.17, 15) is 4.79 Å². The standard InChI is InChI=1S/C14H25O3/c1-12(2)8-6-4-3-5-7-9-14(15)17-11-13-10-16-13/h7,12-13H,3-6,8-11H2,1-2H3/t13-/m0/s1. The third-order valence-electron chi connectivity index (χ3n) is 2.83. The third kappa shape index (κ3) is 9.16. The molecule has 3 heteroatoms. The van der Waals surface area contributed by atoms with E-state index in [-0.39, 0.29) is 12.1 Å². The van der Waals surface area contributed by atoms with E-state index in [0.29, 0.717) is 13.0 Å². The van der Waals surface area contributed by atoms with Gasteiger partial charge in [-0.1, -0.05) is 39.5 Å². The van der Waals surface area contributed by atoms with E-state index in [2.05, 4.69) is 13.8 Å². The molecular weight excluding hydrogens is 216 g/mol. The molecule has 0 N–H and O–H groups in total. The molecule has 1 saturated heterocycles. The lowest BCUT2D eigenvalue weighted by atomic mass is 10.0. The van der Waals surface area contributed by atoms with Crippen molar-refractivity contribution in [1.29, 1.82) is 0 Å². The van der Waals surface area contributed by atoms with Crippen LogP contribution in [0.4, 0.5) is 0 Å². The highest BCUT2D eigenvalue weighted by molar-refractivity contribution is 5.70. The van der Waals surface area contributed by atoms with E-state index in [1.54, 1.807) is 0 Å². The normalized spacial score (nSPS) is 18.4. The highest BCUT2D eigenvalue weighted by atomic mass is 16.6. The molecular formula is C14H25O3. The van der Waals surface area contributed by atoms with Gasteiger partial charge < -0.3 is 9.47 Å². The maximum absolute atomic E-state index is 11.2. The van der Waals surface area contributed by atoms with Gasteiger partial charge in [-0.05, 0) is 18.8 Å². The number of unbranched alkanes of at least 4 members (excludes halogenated alkanes) is 4. The van der Waals surface area contributed by atoms with Gasteiger partial charge in [0.15, 0.2) is 0 Å². The fraction of sp³-hybridized carbons (Fsp3) is 0.857. The summed E-state index contributed by atoms with van der Waals surface area (Å²) in [4.78, 5) is 11.2. The van der Waals surface area contributed by atoms with Crippen molar-refractivity contribution in [2.75, 3.05) is 13.2 Å². The summed E-state index contributed by atoms with van der Waals surface area (Å²) >= 11 is 0. The smallest absolute Gasteiger partial charge is 0.306 e. The lowest BCUT2D eigenvalue weighted by molar-refractivity contribution is -0.143. The van der Waals surface area contributed by atoms with Crippen LogP contribution >= 0.6 is 0 Å². The first-order valence-corrected chi connectivity index (χ1v) is 6.77. The van der Waals surface area contributed by atoms with Gasteiger partial charge >= 0.3 is 5.97 Å². The van der Waals surface area contributed by atoms with Crippen molar-refractivity contribution >= 4 is 5.97 Å². The molecule has 0 unspecified atom stereocenters. The topological polar surface area (TPSA) is 38.8 Å². The summed E-state index contributed by atoms with van der Waals surface area (Å²) in [6, 6.07) is 0. The van der Waals surface area contributed by atoms with E-state index in [1.165, 1.54) is 25.7 Å². The zero-order chi connectivity index (χ0) is 12.5. The Bertz CT molecular complexity index is 210. The fourth-order valence-corrected chi connectivity index (χ4v) is 1.65. The molecule has 0 amide bonds. The van der Waals surface area contributed by atoms with Crippen molar-refractivity contribution in [3.63, 3.8) is 0 Å². The molecule has 0 bridgehead atoms. The van der Waals surface area contributed by atoms with Crippen molar-refractivity contribution in [1.82, 2.24) is 0 Å². The molecule has 1 aliphatic rings. The average Bonchev–Trinajstić information content (AvgIpc) is 3.08. The Kier molecular flexibility index (Phi) is 7.25. The zero-order valence-electron chi connectivity index (χ0n) is 11.1. The summed E-state index contributed by atoms with van der Waals surface area (Å²) in [5, 5.41) is 0. The van der Waals surface area contributed by atoms with Crippen LogP contribution in [0.15, 0.2) is 0 Å². The number of hydrogen-bond acceptors (Lipinski definition) is 3. The molecule has 1 fully saturated rings. The van der Waals surface area contributed by atoms with Crippen molar-refractivity contribution < 1.29 is 14.3 Å². The molecule has 0 aromatic carbocycles. The van der Waals surface area contributed by atoms with Crippen LogP contribution in [0.1, 0.15) is 52.4 Å². The maximum Gasteiger partial charge on any atom is 0.306 e. The Balaban J connectivity index is 1.77. The lowest BCUT2D eigenvalue weighted by Gasteiger charge is -2.04. The molecule has 0 aliphatic carbocycles. The first-order chi connectivity index (χ1) is 8.18. The Morgan fingerprint density at radius 3 is 2.82 bits per heavy atom. The number of carbonyl (C=O) groups excluding carboxylic acids is 1. The van der Waals surface area contributed by atoms with Gasteiger partial charge in [-0.3, -0.25) is 4.79 Å². The second kappa shape index (κ2) is 8.51. The largest absolute Gasteiger partial charge is 0.463 e. The predicted molar refractivity (Wildman–Crippen MR) is 67.5 cm³/mol. The highest BCUT2D eigenvalue weighted by Crippen LogP contribution is 2.12. The summed E-state index contributed by atoms with van der Waals surface area (Å²) in [6.07, 6.45) is 8.73. The Labute approximate surface area is 105 Å². The summed E-state index contributed by atoms with van der Waals surface area (Å²) in [5.74, 6) is 0.682. The third-order valence-corrected chi connectivity index (χ3v) is 2.83. The van der Waals surface area contributed by atoms with Crippen molar-refractivity contribution in [2.24, 2.45) is 5.92 Å². The summed E-state index contributed by atoms with van der Waals surface area (Å²) < 4.78 is 9.99. The van der Waals surface area contributed by atoms with E-state index in [4.69, 9.17) is 9.47 Å². The quantitative estimate of drug-likeness (QED) is 0.335. The molecule has 0 saturated carbocycles. The summed E-state index contributed by atoms with van der Waals surface area (Å²) in [6.45, 7) is 5.69. The second-order valence-electron chi connectivity index (χ2n) is 5.16. The molecule has 17 heavy (non-hydrogen) atoms. The minimum atomic E-state index is -0.123. The lowest BCUT2D eigenvalue weighted by Crippen LogP contribution is -2.09. The molecule has 1 rings (SSSR count). The molecule has 99 valence electrons. The monoisotopic (exact) mass is 241 g/mol. The van der Waals surface area contributed by atoms with Crippen LogP contribution in [0.25, 0.3) is 0 Å². The summed E-state index contributed by atoms with van der Waals surface area (Å²) in [5.41, 5.74) is 0. The van der Waals surface area contributed by atoms with Crippen LogP contribution in [0.5, 0.6) is 0 Å². The Morgan fingerprint density at radius 1 is 1.41 bits per heavy atom. The molecule has 0 aromatic rings. The first kappa shape index (κ1) is 14.5. The fourth-order valence-electron chi connectivity index (χ4n) is 1.65. The number of esters is 1. The van der Waals surface area contributed by atoms with E-state index < -0.39 is 0 Å². The van der Waals surface area contributed by atoms with Crippen molar-refractivity contribution in [2.45, 2.75) is 58.5 Å². The Hall–Kier alpha value is -0.570. The SMILES string of the molecule is CC(C)CCCCC[CH]CC(=O)OC[C@@H]1CO1. The second-order valence-corrected chi connectivity index (χ2v) is 5.16. The molecule has 0 spiro atoms. The van der Waals surface area contributed by atoms with Gasteiger partial charge in [0.05, 0.1) is 6.61 Å². The van der Waals surface area contributed by atoms with E-state index >= 15 is 0 Å². The molecule has 3 nitrogen and oxygen atoms in total. The average molecular weight is 241 g/mol. The predicted octanol–water partition coefficient (Wildman–Crippen LogP) is 3.13. The van der Waals surface area contributed by atoms with E-state index in [1.807, 2.05) is 6.42 Å². The minimum absolute atomic E-state index is 0.123. The number of hydrogen-bond donors (Lipinski definition) is 0. The number of ether oxygens (including phenoxy) is 2. The van der Waals surface area contributed by atoms with E-state index in [0.717, 1.165) is 18.9 Å². The van der Waals surface area contributed by atoms with Gasteiger partial charge in [0, 0.05) is 6.42 Å². The van der Waals surface area contributed by atoms with Gasteiger partial charge in [0.2, 0.25) is 0 Å². The van der Waals surface area contributed by atoms with Gasteiger partial charge in [-0.2, -0.15) is 0 Å². The Morgan fingerprint density at radius 2 is 2.18 bits per heavy atom. The van der Waals surface area contributed by atoms with Crippen LogP contribution in [0, 0.1) is 12.3 Å².